The van der Waals surface area contributed by atoms with E-state index in [9.17, 15) is 0 Å². The van der Waals surface area contributed by atoms with E-state index in [0.717, 1.165) is 30.4 Å². The highest BCUT2D eigenvalue weighted by Gasteiger charge is 2.40. The molecule has 0 radical (unpaired) electrons. The second kappa shape index (κ2) is 5.45. The zero-order valence-electron chi connectivity index (χ0n) is 11.3. The Morgan fingerprint density at radius 3 is 2.72 bits per heavy atom. The number of hydrogen-bond donors (Lipinski definition) is 1. The Kier molecular flexibility index (Phi) is 3.71. The summed E-state index contributed by atoms with van der Waals surface area (Å²) in [7, 11) is 0. The minimum Gasteiger partial charge on any atom is -0.468 e. The van der Waals surface area contributed by atoms with Gasteiger partial charge in [-0.2, -0.15) is 0 Å². The van der Waals surface area contributed by atoms with Gasteiger partial charge in [0, 0.05) is 18.1 Å². The molecule has 0 aromatic carbocycles. The Labute approximate surface area is 110 Å². The molecule has 1 N–H and O–H groups in total. The number of fused-ring (bicyclic) bond motifs is 2. The van der Waals surface area contributed by atoms with Crippen LogP contribution in [0.3, 0.4) is 0 Å². The van der Waals surface area contributed by atoms with Gasteiger partial charge >= 0.3 is 0 Å². The summed E-state index contributed by atoms with van der Waals surface area (Å²) in [5, 5.41) is 3.70. The Balaban J connectivity index is 1.59. The Bertz CT molecular complexity index is 349. The highest BCUT2D eigenvalue weighted by Crippen LogP contribution is 2.36. The van der Waals surface area contributed by atoms with Crippen molar-refractivity contribution in [3.63, 3.8) is 0 Å². The normalized spacial score (nSPS) is 31.9. The largest absolute Gasteiger partial charge is 0.468 e. The lowest BCUT2D eigenvalue weighted by atomic mass is 9.97. The van der Waals surface area contributed by atoms with Crippen molar-refractivity contribution in [3.8, 4) is 0 Å². The molecular weight excluding hydrogens is 224 g/mol. The van der Waals surface area contributed by atoms with E-state index < -0.39 is 0 Å². The van der Waals surface area contributed by atoms with E-state index >= 15 is 0 Å². The molecule has 0 aliphatic carbocycles. The summed E-state index contributed by atoms with van der Waals surface area (Å²) < 4.78 is 5.50. The van der Waals surface area contributed by atoms with Crippen LogP contribution in [-0.4, -0.2) is 29.6 Å². The monoisotopic (exact) mass is 248 g/mol. The Morgan fingerprint density at radius 1 is 1.33 bits per heavy atom. The van der Waals surface area contributed by atoms with Gasteiger partial charge in [-0.05, 0) is 50.8 Å². The summed E-state index contributed by atoms with van der Waals surface area (Å²) >= 11 is 0. The van der Waals surface area contributed by atoms with Gasteiger partial charge in [-0.1, -0.05) is 6.92 Å². The van der Waals surface area contributed by atoms with Crippen LogP contribution in [0.15, 0.2) is 22.8 Å². The second-order valence-electron chi connectivity index (χ2n) is 5.76. The molecule has 1 aromatic heterocycles. The lowest BCUT2D eigenvalue weighted by Crippen LogP contribution is -2.48. The maximum absolute atomic E-state index is 5.50. The maximum atomic E-state index is 5.50. The first kappa shape index (κ1) is 12.2. The minimum absolute atomic E-state index is 0.746. The van der Waals surface area contributed by atoms with Crippen molar-refractivity contribution in [3.05, 3.63) is 24.2 Å². The van der Waals surface area contributed by atoms with Crippen molar-refractivity contribution in [2.45, 2.75) is 63.7 Å². The van der Waals surface area contributed by atoms with E-state index in [1.807, 2.05) is 6.07 Å². The van der Waals surface area contributed by atoms with E-state index in [1.54, 1.807) is 6.26 Å². The first-order chi connectivity index (χ1) is 8.86. The molecular formula is C15H24N2O. The number of furan rings is 1. The molecule has 0 spiro atoms. The molecule has 3 rings (SSSR count). The predicted molar refractivity (Wildman–Crippen MR) is 72.4 cm³/mol. The van der Waals surface area contributed by atoms with Gasteiger partial charge in [0.25, 0.3) is 0 Å². The van der Waals surface area contributed by atoms with Gasteiger partial charge in [0.1, 0.15) is 5.76 Å². The van der Waals surface area contributed by atoms with Gasteiger partial charge in [-0.3, -0.25) is 4.90 Å². The van der Waals surface area contributed by atoms with Gasteiger partial charge in [0.2, 0.25) is 0 Å². The summed E-state index contributed by atoms with van der Waals surface area (Å²) in [5.74, 6) is 1.12. The van der Waals surface area contributed by atoms with Crippen molar-refractivity contribution in [2.24, 2.45) is 0 Å². The average Bonchev–Trinajstić information content (AvgIpc) is 2.95. The third-order valence-electron chi connectivity index (χ3n) is 4.49. The lowest BCUT2D eigenvalue weighted by molar-refractivity contribution is 0.101. The van der Waals surface area contributed by atoms with Gasteiger partial charge in [-0.25, -0.2) is 0 Å². The molecule has 1 aromatic rings. The Morgan fingerprint density at radius 2 is 2.11 bits per heavy atom. The minimum atomic E-state index is 0.746. The van der Waals surface area contributed by atoms with Crippen molar-refractivity contribution < 1.29 is 4.42 Å². The van der Waals surface area contributed by atoms with Crippen molar-refractivity contribution in [1.82, 2.24) is 10.2 Å². The smallest absolute Gasteiger partial charge is 0.117 e. The van der Waals surface area contributed by atoms with Gasteiger partial charge < -0.3 is 9.73 Å². The number of hydrogen-bond acceptors (Lipinski definition) is 3. The van der Waals surface area contributed by atoms with Crippen molar-refractivity contribution >= 4 is 0 Å². The second-order valence-corrected chi connectivity index (χ2v) is 5.76. The van der Waals surface area contributed by atoms with E-state index in [-0.39, 0.29) is 0 Å². The van der Waals surface area contributed by atoms with Crippen LogP contribution in [0.4, 0.5) is 0 Å². The molecule has 2 saturated heterocycles. The van der Waals surface area contributed by atoms with Crippen LogP contribution in [0.1, 0.15) is 44.8 Å². The third kappa shape index (κ3) is 2.47. The molecule has 3 heterocycles. The van der Waals surface area contributed by atoms with Gasteiger partial charge in [-0.15, -0.1) is 0 Å². The van der Waals surface area contributed by atoms with Crippen LogP contribution < -0.4 is 5.32 Å². The van der Waals surface area contributed by atoms with Crippen LogP contribution in [-0.2, 0) is 6.54 Å². The first-order valence-corrected chi connectivity index (χ1v) is 7.38. The van der Waals surface area contributed by atoms with Gasteiger partial charge in [0.05, 0.1) is 12.8 Å². The first-order valence-electron chi connectivity index (χ1n) is 7.38. The fourth-order valence-electron chi connectivity index (χ4n) is 3.63. The van der Waals surface area contributed by atoms with E-state index in [4.69, 9.17) is 4.42 Å². The average molecular weight is 248 g/mol. The molecule has 100 valence electrons. The number of piperidine rings is 1. The summed E-state index contributed by atoms with van der Waals surface area (Å²) in [6.45, 7) is 4.42. The summed E-state index contributed by atoms with van der Waals surface area (Å²) in [5.41, 5.74) is 0. The fourth-order valence-corrected chi connectivity index (χ4v) is 3.63. The van der Waals surface area contributed by atoms with Crippen LogP contribution in [0, 0.1) is 0 Å². The molecule has 2 unspecified atom stereocenters. The number of nitrogens with one attached hydrogen (secondary N) is 1. The van der Waals surface area contributed by atoms with E-state index in [0.29, 0.717) is 0 Å². The van der Waals surface area contributed by atoms with E-state index in [1.165, 1.54) is 38.6 Å². The zero-order chi connectivity index (χ0) is 12.4. The third-order valence-corrected chi connectivity index (χ3v) is 4.49. The van der Waals surface area contributed by atoms with E-state index in [2.05, 4.69) is 23.2 Å². The standard InChI is InChI=1S/C15H24N2O/c1-2-7-16-12-9-13-5-6-14(10-12)17(13)11-15-4-3-8-18-15/h3-4,8,12-14,16H,2,5-7,9-11H2,1H3. The van der Waals surface area contributed by atoms with Crippen LogP contribution in [0.5, 0.6) is 0 Å². The van der Waals surface area contributed by atoms with Crippen molar-refractivity contribution in [2.75, 3.05) is 6.54 Å². The van der Waals surface area contributed by atoms with Crippen LogP contribution >= 0.6 is 0 Å². The predicted octanol–water partition coefficient (Wildman–Crippen LogP) is 2.77. The molecule has 3 nitrogen and oxygen atoms in total. The van der Waals surface area contributed by atoms with Crippen LogP contribution in [0.25, 0.3) is 0 Å². The fraction of sp³-hybridized carbons (Fsp3) is 0.733. The molecule has 3 heteroatoms. The SMILES string of the molecule is CCCNC1CC2CCC(C1)N2Cc1ccco1. The highest BCUT2D eigenvalue weighted by atomic mass is 16.3. The lowest BCUT2D eigenvalue weighted by Gasteiger charge is -2.38. The summed E-state index contributed by atoms with van der Waals surface area (Å²) in [6, 6.07) is 6.37. The van der Waals surface area contributed by atoms with Crippen LogP contribution in [0.2, 0.25) is 0 Å². The molecule has 2 atom stereocenters. The molecule has 2 aliphatic heterocycles. The van der Waals surface area contributed by atoms with Gasteiger partial charge in [0.15, 0.2) is 0 Å². The molecule has 0 amide bonds. The van der Waals surface area contributed by atoms with Crippen molar-refractivity contribution in [1.29, 1.82) is 0 Å². The molecule has 2 bridgehead atoms. The quantitative estimate of drug-likeness (QED) is 0.868. The molecule has 0 saturated carbocycles. The number of nitrogens with zero attached hydrogens (tertiary/aromatic N) is 1. The molecule has 2 fully saturated rings. The molecule has 18 heavy (non-hydrogen) atoms. The number of rotatable bonds is 5. The summed E-state index contributed by atoms with van der Waals surface area (Å²) in [4.78, 5) is 2.67. The summed E-state index contributed by atoms with van der Waals surface area (Å²) in [6.07, 6.45) is 8.40. The molecule has 2 aliphatic rings. The maximum Gasteiger partial charge on any atom is 0.117 e. The Hall–Kier alpha value is -0.800. The highest BCUT2D eigenvalue weighted by molar-refractivity contribution is 5.03. The zero-order valence-corrected chi connectivity index (χ0v) is 11.3. The topological polar surface area (TPSA) is 28.4 Å².